The fourth-order valence-corrected chi connectivity index (χ4v) is 2.68. The molecule has 3 nitrogen and oxygen atoms in total. The summed E-state index contributed by atoms with van der Waals surface area (Å²) in [6.45, 7) is 0.586. The summed E-state index contributed by atoms with van der Waals surface area (Å²) in [5, 5.41) is 2.99. The first kappa shape index (κ1) is 14.8. The van der Waals surface area contributed by atoms with E-state index in [2.05, 4.69) is 10.3 Å². The van der Waals surface area contributed by atoms with Gasteiger partial charge in [0.05, 0.1) is 5.56 Å². The van der Waals surface area contributed by atoms with Gasteiger partial charge >= 0.3 is 6.18 Å². The Morgan fingerprint density at radius 2 is 2.18 bits per heavy atom. The second-order valence-electron chi connectivity index (χ2n) is 5.25. The van der Waals surface area contributed by atoms with E-state index in [9.17, 15) is 13.2 Å². The molecule has 3 rings (SSSR count). The number of hydrogen-bond donors (Lipinski definition) is 1. The summed E-state index contributed by atoms with van der Waals surface area (Å²) in [5.41, 5.74) is 0.999. The Hall–Kier alpha value is -2.08. The molecule has 0 aliphatic carbocycles. The van der Waals surface area contributed by atoms with Crippen LogP contribution in [0.25, 0.3) is 11.1 Å². The number of alkyl halides is 3. The quantitative estimate of drug-likeness (QED) is 0.945. The molecule has 0 saturated heterocycles. The second-order valence-corrected chi connectivity index (χ2v) is 5.25. The molecule has 1 aromatic heterocycles. The molecule has 1 aliphatic rings. The molecule has 1 aromatic carbocycles. The van der Waals surface area contributed by atoms with E-state index in [-0.39, 0.29) is 6.10 Å². The molecule has 1 N–H and O–H groups in total. The second kappa shape index (κ2) is 5.61. The molecule has 2 heterocycles. The van der Waals surface area contributed by atoms with Crippen molar-refractivity contribution in [3.8, 4) is 16.9 Å². The monoisotopic (exact) mass is 308 g/mol. The largest absolute Gasteiger partial charge is 0.488 e. The van der Waals surface area contributed by atoms with Gasteiger partial charge in [0.25, 0.3) is 0 Å². The van der Waals surface area contributed by atoms with E-state index in [0.29, 0.717) is 35.4 Å². The van der Waals surface area contributed by atoms with Crippen LogP contribution in [0, 0.1) is 0 Å². The summed E-state index contributed by atoms with van der Waals surface area (Å²) in [5.74, 6) is 0.529. The Morgan fingerprint density at radius 3 is 2.82 bits per heavy atom. The minimum atomic E-state index is -4.38. The molecule has 0 radical (unpaired) electrons. The van der Waals surface area contributed by atoms with Gasteiger partial charge in [-0.05, 0) is 30.8 Å². The number of fused-ring (bicyclic) bond motifs is 1. The van der Waals surface area contributed by atoms with E-state index in [1.54, 1.807) is 31.6 Å². The Morgan fingerprint density at radius 1 is 1.36 bits per heavy atom. The lowest BCUT2D eigenvalue weighted by atomic mass is 9.98. The van der Waals surface area contributed by atoms with Gasteiger partial charge in [-0.25, -0.2) is 0 Å². The highest BCUT2D eigenvalue weighted by Gasteiger charge is 2.35. The van der Waals surface area contributed by atoms with Crippen LogP contribution in [0.2, 0.25) is 0 Å². The molecule has 116 valence electrons. The molecule has 0 spiro atoms. The molecule has 0 bridgehead atoms. The smallest absolute Gasteiger partial charge is 0.416 e. The van der Waals surface area contributed by atoms with Gasteiger partial charge in [0.15, 0.2) is 0 Å². The van der Waals surface area contributed by atoms with Crippen LogP contribution >= 0.6 is 0 Å². The van der Waals surface area contributed by atoms with E-state index in [1.807, 2.05) is 0 Å². The third-order valence-corrected chi connectivity index (χ3v) is 3.63. The molecular formula is C16H15F3N2O. The van der Waals surface area contributed by atoms with Crippen molar-refractivity contribution >= 4 is 0 Å². The SMILES string of the molecule is CNCC1Cc2cc(C(F)(F)F)cc(-c3cccnc3)c2O1. The predicted molar refractivity (Wildman–Crippen MR) is 76.7 cm³/mol. The van der Waals surface area contributed by atoms with Gasteiger partial charge in [-0.1, -0.05) is 6.07 Å². The minimum Gasteiger partial charge on any atom is -0.488 e. The third kappa shape index (κ3) is 2.78. The van der Waals surface area contributed by atoms with E-state index in [1.165, 1.54) is 6.07 Å². The van der Waals surface area contributed by atoms with Crippen LogP contribution < -0.4 is 10.1 Å². The topological polar surface area (TPSA) is 34.2 Å². The zero-order valence-electron chi connectivity index (χ0n) is 11.9. The number of nitrogens with zero attached hydrogens (tertiary/aromatic N) is 1. The number of halogens is 3. The number of benzene rings is 1. The highest BCUT2D eigenvalue weighted by Crippen LogP contribution is 2.43. The maximum atomic E-state index is 13.1. The lowest BCUT2D eigenvalue weighted by molar-refractivity contribution is -0.137. The summed E-state index contributed by atoms with van der Waals surface area (Å²) in [6, 6.07) is 5.75. The van der Waals surface area contributed by atoms with Gasteiger partial charge < -0.3 is 10.1 Å². The standard InChI is InChI=1S/C16H15F3N2O/c1-20-9-13-6-11-5-12(16(17,18)19)7-14(15(11)22-13)10-3-2-4-21-8-10/h2-5,7-8,13,20H,6,9H2,1H3. The number of rotatable bonds is 3. The lowest BCUT2D eigenvalue weighted by Crippen LogP contribution is -2.27. The molecule has 2 aromatic rings. The summed E-state index contributed by atoms with van der Waals surface area (Å²) >= 11 is 0. The van der Waals surface area contributed by atoms with Crippen molar-refractivity contribution < 1.29 is 17.9 Å². The van der Waals surface area contributed by atoms with Gasteiger partial charge in [0, 0.05) is 36.5 Å². The maximum absolute atomic E-state index is 13.1. The van der Waals surface area contributed by atoms with Crippen molar-refractivity contribution in [2.24, 2.45) is 0 Å². The van der Waals surface area contributed by atoms with E-state index < -0.39 is 11.7 Å². The van der Waals surface area contributed by atoms with Gasteiger partial charge in [-0.3, -0.25) is 4.98 Å². The van der Waals surface area contributed by atoms with Gasteiger partial charge in [-0.2, -0.15) is 13.2 Å². The van der Waals surface area contributed by atoms with Gasteiger partial charge in [0.2, 0.25) is 0 Å². The van der Waals surface area contributed by atoms with E-state index in [0.717, 1.165) is 6.07 Å². The van der Waals surface area contributed by atoms with Crippen molar-refractivity contribution in [3.05, 3.63) is 47.8 Å². The number of ether oxygens (including phenoxy) is 1. The molecule has 0 saturated carbocycles. The first-order chi connectivity index (χ1) is 10.5. The Balaban J connectivity index is 2.11. The van der Waals surface area contributed by atoms with Crippen LogP contribution in [0.3, 0.4) is 0 Å². The van der Waals surface area contributed by atoms with Crippen molar-refractivity contribution in [3.63, 3.8) is 0 Å². The van der Waals surface area contributed by atoms with Crippen molar-refractivity contribution in [2.45, 2.75) is 18.7 Å². The first-order valence-corrected chi connectivity index (χ1v) is 6.95. The summed E-state index contributed by atoms with van der Waals surface area (Å²) < 4.78 is 45.2. The zero-order chi connectivity index (χ0) is 15.7. The normalized spacial score (nSPS) is 17.2. The summed E-state index contributed by atoms with van der Waals surface area (Å²) in [4.78, 5) is 3.98. The Bertz CT molecular complexity index is 671. The fourth-order valence-electron chi connectivity index (χ4n) is 2.68. The van der Waals surface area contributed by atoms with Gasteiger partial charge in [0.1, 0.15) is 11.9 Å². The lowest BCUT2D eigenvalue weighted by Gasteiger charge is -2.14. The number of likely N-dealkylation sites (N-methyl/N-ethyl adjacent to an activating group) is 1. The highest BCUT2D eigenvalue weighted by molar-refractivity contribution is 5.73. The minimum absolute atomic E-state index is 0.154. The fraction of sp³-hybridized carbons (Fsp3) is 0.312. The Kier molecular flexibility index (Phi) is 3.78. The van der Waals surface area contributed by atoms with Gasteiger partial charge in [-0.15, -0.1) is 0 Å². The first-order valence-electron chi connectivity index (χ1n) is 6.95. The molecule has 1 unspecified atom stereocenters. The molecule has 0 fully saturated rings. The third-order valence-electron chi connectivity index (χ3n) is 3.63. The number of nitrogens with one attached hydrogen (secondary N) is 1. The molecule has 22 heavy (non-hydrogen) atoms. The summed E-state index contributed by atoms with van der Waals surface area (Å²) in [7, 11) is 1.79. The molecule has 0 amide bonds. The zero-order valence-corrected chi connectivity index (χ0v) is 11.9. The van der Waals surface area contributed by atoms with E-state index >= 15 is 0 Å². The number of pyridine rings is 1. The van der Waals surface area contributed by atoms with E-state index in [4.69, 9.17) is 4.74 Å². The van der Waals surface area contributed by atoms with Crippen LogP contribution in [0.1, 0.15) is 11.1 Å². The average molecular weight is 308 g/mol. The average Bonchev–Trinajstić information content (AvgIpc) is 2.89. The van der Waals surface area contributed by atoms with Crippen molar-refractivity contribution in [1.29, 1.82) is 0 Å². The molecule has 1 aliphatic heterocycles. The van der Waals surface area contributed by atoms with Crippen molar-refractivity contribution in [2.75, 3.05) is 13.6 Å². The highest BCUT2D eigenvalue weighted by atomic mass is 19.4. The Labute approximate surface area is 126 Å². The number of aromatic nitrogens is 1. The molecule has 6 heteroatoms. The predicted octanol–water partition coefficient (Wildman–Crippen LogP) is 3.29. The van der Waals surface area contributed by atoms with Crippen LogP contribution in [0.4, 0.5) is 13.2 Å². The maximum Gasteiger partial charge on any atom is 0.416 e. The van der Waals surface area contributed by atoms with Crippen molar-refractivity contribution in [1.82, 2.24) is 10.3 Å². The van der Waals surface area contributed by atoms with Crippen LogP contribution in [-0.2, 0) is 12.6 Å². The van der Waals surface area contributed by atoms with Crippen LogP contribution in [-0.4, -0.2) is 24.7 Å². The number of hydrogen-bond acceptors (Lipinski definition) is 3. The summed E-state index contributed by atoms with van der Waals surface area (Å²) in [6.07, 6.45) is -0.939. The van der Waals surface area contributed by atoms with Crippen LogP contribution in [0.5, 0.6) is 5.75 Å². The molecular weight excluding hydrogens is 293 g/mol. The molecule has 1 atom stereocenters. The van der Waals surface area contributed by atoms with Crippen LogP contribution in [0.15, 0.2) is 36.7 Å².